The molecular formula is C55H88O10Si2. The van der Waals surface area contributed by atoms with Crippen LogP contribution in [-0.2, 0) is 32.6 Å². The summed E-state index contributed by atoms with van der Waals surface area (Å²) < 4.78 is 38.8. The number of Topliss-reactive ketones (excluding diaryl/α,β-unsaturated/α-hetero) is 1. The van der Waals surface area contributed by atoms with Gasteiger partial charge >= 0.3 is 12.3 Å². The molecule has 1 N–H and O–H groups in total. The van der Waals surface area contributed by atoms with Gasteiger partial charge in [-0.15, -0.1) is 0 Å². The van der Waals surface area contributed by atoms with Crippen LogP contribution in [0.5, 0.6) is 0 Å². The summed E-state index contributed by atoms with van der Waals surface area (Å²) in [6.07, 6.45) is 4.77. The summed E-state index contributed by atoms with van der Waals surface area (Å²) in [5, 5.41) is 11.4. The number of carbonyl (C=O) groups excluding carboxylic acids is 3. The minimum atomic E-state index is -2.20. The van der Waals surface area contributed by atoms with Crippen LogP contribution in [0.3, 0.4) is 0 Å². The molecule has 2 saturated heterocycles. The van der Waals surface area contributed by atoms with Crippen molar-refractivity contribution in [1.29, 1.82) is 0 Å². The minimum absolute atomic E-state index is 0.0170. The Hall–Kier alpha value is -2.00. The van der Waals surface area contributed by atoms with Crippen molar-refractivity contribution >= 4 is 34.7 Å². The van der Waals surface area contributed by atoms with E-state index in [4.69, 9.17) is 27.8 Å². The zero-order chi connectivity index (χ0) is 50.0. The average Bonchev–Trinajstić information content (AvgIpc) is 3.54. The Morgan fingerprint density at radius 3 is 1.75 bits per heavy atom. The van der Waals surface area contributed by atoms with Gasteiger partial charge in [-0.25, -0.2) is 9.59 Å². The smallest absolute Gasteiger partial charge is 0.426 e. The zero-order valence-electron chi connectivity index (χ0n) is 45.2. The number of ether oxygens (including phenoxy) is 4. The van der Waals surface area contributed by atoms with Crippen LogP contribution < -0.4 is 0 Å². The van der Waals surface area contributed by atoms with E-state index in [1.807, 2.05) is 13.0 Å². The maximum Gasteiger partial charge on any atom is 0.509 e. The first-order chi connectivity index (χ1) is 30.3. The Kier molecular flexibility index (Phi) is 10.7. The first-order valence-corrected chi connectivity index (χ1v) is 32.0. The first-order valence-electron chi connectivity index (χ1n) is 26.1. The maximum atomic E-state index is 14.9. The van der Waals surface area contributed by atoms with Crippen LogP contribution >= 0.6 is 0 Å². The van der Waals surface area contributed by atoms with Crippen molar-refractivity contribution in [3.8, 4) is 0 Å². The third kappa shape index (κ3) is 6.54. The predicted molar refractivity (Wildman–Crippen MR) is 264 cm³/mol. The molecule has 1 unspecified atom stereocenters. The third-order valence-electron chi connectivity index (χ3n) is 22.4. The number of fused-ring (bicyclic) bond motifs is 7. The Bertz CT molecular complexity index is 2190. The van der Waals surface area contributed by atoms with Gasteiger partial charge in [0, 0.05) is 36.0 Å². The molecule has 10 aliphatic rings. The maximum absolute atomic E-state index is 14.9. The predicted octanol–water partition coefficient (Wildman–Crippen LogP) is 12.5. The Balaban J connectivity index is 0.000000168. The monoisotopic (exact) mass is 965 g/mol. The second kappa shape index (κ2) is 14.4. The highest BCUT2D eigenvalue weighted by molar-refractivity contribution is 6.74. The van der Waals surface area contributed by atoms with Crippen molar-refractivity contribution in [3.05, 3.63) is 23.3 Å². The van der Waals surface area contributed by atoms with Gasteiger partial charge < -0.3 is 32.9 Å². The first kappa shape index (κ1) is 50.0. The molecule has 12 heteroatoms. The highest BCUT2D eigenvalue weighted by atomic mass is 28.4. The van der Waals surface area contributed by atoms with Crippen molar-refractivity contribution in [2.75, 3.05) is 0 Å². The van der Waals surface area contributed by atoms with E-state index in [9.17, 15) is 19.5 Å². The van der Waals surface area contributed by atoms with Gasteiger partial charge in [0.1, 0.15) is 0 Å². The number of hydrogen-bond acceptors (Lipinski definition) is 10. The van der Waals surface area contributed by atoms with Crippen LogP contribution in [0.15, 0.2) is 23.3 Å². The SMILES string of the molecule is CC1=CC23C(=O)[C@@H]([C@H](O[Si](C)(C)C(C)(C)C)[C@H](C)[C@H]4OC(=O)O[C@]42C1)[C@H]1[C@@H](C[C@H]3C)C1(C)C.C[C@H]1[C@@H](O[Si](C)(C)C(C)(C)C)[C@H]2[C@H]3[C@@H](C[C@@H](C)[C@]2(C)C2=C[C@@](C)(O)C[C@]24OC(=O)O[C@H]14)C3(C)C. The highest BCUT2D eigenvalue weighted by Gasteiger charge is 2.81. The lowest BCUT2D eigenvalue weighted by Gasteiger charge is -2.52. The molecule has 6 saturated carbocycles. The quantitative estimate of drug-likeness (QED) is 0.165. The lowest BCUT2D eigenvalue weighted by atomic mass is 9.55. The lowest BCUT2D eigenvalue weighted by molar-refractivity contribution is -0.148. The molecule has 0 aromatic carbocycles. The van der Waals surface area contributed by atoms with Crippen LogP contribution in [0, 0.1) is 80.8 Å². The number of carbonyl (C=O) groups is 3. The second-order valence-corrected chi connectivity index (χ2v) is 38.5. The van der Waals surface area contributed by atoms with E-state index in [1.54, 1.807) is 0 Å². The Morgan fingerprint density at radius 2 is 1.16 bits per heavy atom. The van der Waals surface area contributed by atoms with E-state index >= 15 is 0 Å². The van der Waals surface area contributed by atoms with Crippen molar-refractivity contribution in [1.82, 2.24) is 0 Å². The second-order valence-electron chi connectivity index (χ2n) is 29.0. The van der Waals surface area contributed by atoms with Crippen molar-refractivity contribution < 1.29 is 47.3 Å². The molecular weight excluding hydrogens is 877 g/mol. The number of hydrogen-bond donors (Lipinski definition) is 1. The molecule has 2 aliphatic heterocycles. The molecule has 2 bridgehead atoms. The van der Waals surface area contributed by atoms with E-state index in [-0.39, 0.29) is 73.9 Å². The molecule has 8 aliphatic carbocycles. The van der Waals surface area contributed by atoms with E-state index in [2.05, 4.69) is 143 Å². The summed E-state index contributed by atoms with van der Waals surface area (Å²) in [5.74, 6) is 2.63. The van der Waals surface area contributed by atoms with Crippen molar-refractivity contribution in [2.45, 2.75) is 221 Å². The summed E-state index contributed by atoms with van der Waals surface area (Å²) in [7, 11) is -4.32. The van der Waals surface area contributed by atoms with Gasteiger partial charge in [-0.2, -0.15) is 0 Å². The zero-order valence-corrected chi connectivity index (χ0v) is 47.2. The third-order valence-corrected chi connectivity index (χ3v) is 31.3. The lowest BCUT2D eigenvalue weighted by Crippen LogP contribution is -2.59. The molecule has 3 spiro atoms. The normalized spacial score (nSPS) is 49.6. The minimum Gasteiger partial charge on any atom is -0.426 e. The van der Waals surface area contributed by atoms with Gasteiger partial charge in [-0.1, -0.05) is 116 Å². The van der Waals surface area contributed by atoms with E-state index < -0.39 is 63.4 Å². The van der Waals surface area contributed by atoms with Crippen molar-refractivity contribution in [3.63, 3.8) is 0 Å². The number of rotatable bonds is 4. The number of aliphatic hydroxyl groups is 1. The largest absolute Gasteiger partial charge is 0.509 e. The molecule has 0 amide bonds. The molecule has 376 valence electrons. The van der Waals surface area contributed by atoms with Gasteiger partial charge in [-0.3, -0.25) is 4.79 Å². The van der Waals surface area contributed by atoms with Gasteiger partial charge in [0.15, 0.2) is 45.8 Å². The molecule has 0 aromatic rings. The van der Waals surface area contributed by atoms with E-state index in [0.29, 0.717) is 42.4 Å². The molecule has 67 heavy (non-hydrogen) atoms. The van der Waals surface area contributed by atoms with Gasteiger partial charge in [-0.05, 0) is 127 Å². The molecule has 8 fully saturated rings. The van der Waals surface area contributed by atoms with Crippen LogP contribution in [0.25, 0.3) is 0 Å². The molecule has 2 heterocycles. The Labute approximate surface area is 405 Å². The van der Waals surface area contributed by atoms with Crippen LogP contribution in [0.2, 0.25) is 36.3 Å². The molecule has 19 atom stereocenters. The fourth-order valence-electron chi connectivity index (χ4n) is 16.6. The summed E-state index contributed by atoms with van der Waals surface area (Å²) in [5.41, 5.74) is -1.38. The van der Waals surface area contributed by atoms with Gasteiger partial charge in [0.25, 0.3) is 0 Å². The summed E-state index contributed by atoms with van der Waals surface area (Å²) in [4.78, 5) is 40.3. The van der Waals surface area contributed by atoms with Crippen LogP contribution in [0.1, 0.15) is 143 Å². The van der Waals surface area contributed by atoms with E-state index in [0.717, 1.165) is 24.0 Å². The fourth-order valence-corrected chi connectivity index (χ4v) is 19.4. The summed E-state index contributed by atoms with van der Waals surface area (Å²) >= 11 is 0. The molecule has 10 nitrogen and oxygen atoms in total. The number of ketones is 1. The van der Waals surface area contributed by atoms with Gasteiger partial charge in [0.05, 0.1) is 23.2 Å². The van der Waals surface area contributed by atoms with E-state index in [1.165, 1.54) is 0 Å². The Morgan fingerprint density at radius 1 is 0.672 bits per heavy atom. The summed E-state index contributed by atoms with van der Waals surface area (Å²) in [6.45, 7) is 47.5. The fraction of sp³-hybridized carbons (Fsp3) is 0.873. The van der Waals surface area contributed by atoms with Crippen LogP contribution in [0.4, 0.5) is 9.59 Å². The average molecular weight is 965 g/mol. The van der Waals surface area contributed by atoms with Crippen molar-refractivity contribution in [2.24, 2.45) is 80.8 Å². The summed E-state index contributed by atoms with van der Waals surface area (Å²) in [6, 6.07) is 0. The van der Waals surface area contributed by atoms with Crippen LogP contribution in [-0.4, -0.2) is 81.1 Å². The molecule has 0 aromatic heterocycles. The molecule has 0 radical (unpaired) electrons. The topological polar surface area (TPSA) is 127 Å². The standard InChI is InChI=1S/C28H46O5Si.C27H42O5Si/c1-15-12-17-19(25(17,6)7)20-21(33-34(10,11)24(3,4)5)16(2)22-28(32-23(29)31-22)14-26(8,30)13-18(28)27(15,20)9;1-14-12-26-15(2)11-17-19(25(17,7)8)18(21(26)28)20(32-33(9,10)24(4,5)6)16(3)22-27(26,13-14)31-23(29)30-22/h13,15-17,19-22,30H,12,14H2,1-11H3;12,15-20,22H,11,13H2,1-10H3/t15-,16+,17-,19-,20-,21-,22-,26-,27-,28+;15-,16+,17-,18-,19-,20-,22-,26?,27-/m11/s1. The molecule has 10 rings (SSSR count). The highest BCUT2D eigenvalue weighted by Crippen LogP contribution is 2.78. The van der Waals surface area contributed by atoms with Gasteiger partial charge in [0.2, 0.25) is 0 Å².